The first-order valence-corrected chi connectivity index (χ1v) is 12.0. The number of ether oxygens (including phenoxy) is 1. The summed E-state index contributed by atoms with van der Waals surface area (Å²) in [6.07, 6.45) is 0. The summed E-state index contributed by atoms with van der Waals surface area (Å²) >= 11 is 7.66. The normalized spacial score (nSPS) is 15.5. The van der Waals surface area contributed by atoms with Crippen LogP contribution in [0, 0.1) is 32.1 Å². The molecule has 1 amide bonds. The van der Waals surface area contributed by atoms with Crippen molar-refractivity contribution in [2.45, 2.75) is 33.6 Å². The SMILES string of the molecule is COC(=O)C1=C(C)NC(SCC(=O)Nc2c(C)cc(C)cc2C)=C(C#N)[C@H]1c1ccccc1Cl. The zero-order valence-electron chi connectivity index (χ0n) is 19.7. The average molecular weight is 496 g/mol. The van der Waals surface area contributed by atoms with E-state index < -0.39 is 11.9 Å². The summed E-state index contributed by atoms with van der Waals surface area (Å²) in [4.78, 5) is 25.4. The minimum atomic E-state index is -0.709. The first kappa shape index (κ1) is 25.4. The highest BCUT2D eigenvalue weighted by atomic mass is 35.5. The average Bonchev–Trinajstić information content (AvgIpc) is 2.79. The Balaban J connectivity index is 1.92. The van der Waals surface area contributed by atoms with E-state index in [1.807, 2.05) is 32.9 Å². The predicted molar refractivity (Wildman–Crippen MR) is 136 cm³/mol. The van der Waals surface area contributed by atoms with E-state index in [9.17, 15) is 14.9 Å². The molecule has 8 heteroatoms. The highest BCUT2D eigenvalue weighted by molar-refractivity contribution is 8.03. The molecule has 3 rings (SSSR count). The van der Waals surface area contributed by atoms with Crippen molar-refractivity contribution in [3.8, 4) is 6.07 Å². The maximum absolute atomic E-state index is 12.8. The van der Waals surface area contributed by atoms with Crippen molar-refractivity contribution in [1.29, 1.82) is 5.26 Å². The quantitative estimate of drug-likeness (QED) is 0.514. The van der Waals surface area contributed by atoms with Gasteiger partial charge in [-0.2, -0.15) is 5.26 Å². The molecule has 0 saturated heterocycles. The number of allylic oxidation sites excluding steroid dienone is 2. The number of anilines is 1. The number of nitriles is 1. The van der Waals surface area contributed by atoms with E-state index in [0.717, 1.165) is 22.4 Å². The number of carbonyl (C=O) groups excluding carboxylic acids is 2. The number of carbonyl (C=O) groups is 2. The second-order valence-electron chi connectivity index (χ2n) is 8.07. The minimum absolute atomic E-state index is 0.0797. The van der Waals surface area contributed by atoms with Gasteiger partial charge in [0.15, 0.2) is 0 Å². The lowest BCUT2D eigenvalue weighted by molar-refractivity contribution is -0.136. The van der Waals surface area contributed by atoms with Crippen LogP contribution in [0.25, 0.3) is 0 Å². The van der Waals surface area contributed by atoms with E-state index in [1.165, 1.54) is 18.9 Å². The molecule has 176 valence electrons. The Morgan fingerprint density at radius 3 is 2.41 bits per heavy atom. The van der Waals surface area contributed by atoms with E-state index >= 15 is 0 Å². The molecule has 2 aromatic rings. The molecular formula is C26H26ClN3O3S. The monoisotopic (exact) mass is 495 g/mol. The second-order valence-corrected chi connectivity index (χ2v) is 9.47. The maximum Gasteiger partial charge on any atom is 0.336 e. The number of amides is 1. The van der Waals surface area contributed by atoms with E-state index in [1.54, 1.807) is 31.2 Å². The van der Waals surface area contributed by atoms with Crippen molar-refractivity contribution in [3.05, 3.63) is 85.5 Å². The van der Waals surface area contributed by atoms with Crippen LogP contribution in [0.4, 0.5) is 5.69 Å². The number of nitrogens with one attached hydrogen (secondary N) is 2. The molecule has 0 saturated carbocycles. The van der Waals surface area contributed by atoms with E-state index in [4.69, 9.17) is 16.3 Å². The Hall–Kier alpha value is -3.21. The molecule has 34 heavy (non-hydrogen) atoms. The van der Waals surface area contributed by atoms with Gasteiger partial charge in [0, 0.05) is 16.4 Å². The molecule has 0 fully saturated rings. The third kappa shape index (κ3) is 5.30. The number of rotatable bonds is 6. The largest absolute Gasteiger partial charge is 0.466 e. The molecule has 0 unspecified atom stereocenters. The van der Waals surface area contributed by atoms with Gasteiger partial charge in [0.1, 0.15) is 0 Å². The Labute approximate surface area is 209 Å². The highest BCUT2D eigenvalue weighted by Crippen LogP contribution is 2.43. The molecule has 1 aliphatic heterocycles. The number of methoxy groups -OCH3 is 1. The summed E-state index contributed by atoms with van der Waals surface area (Å²) in [6, 6.07) is 13.3. The van der Waals surface area contributed by atoms with Crippen LogP contribution < -0.4 is 10.6 Å². The number of benzene rings is 2. The molecule has 0 aliphatic carbocycles. The summed E-state index contributed by atoms with van der Waals surface area (Å²) < 4.78 is 4.99. The Kier molecular flexibility index (Phi) is 8.08. The van der Waals surface area contributed by atoms with Crippen LogP contribution in [0.2, 0.25) is 5.02 Å². The second kappa shape index (κ2) is 10.8. The molecule has 2 aromatic carbocycles. The van der Waals surface area contributed by atoms with Gasteiger partial charge in [-0.15, -0.1) is 0 Å². The number of aryl methyl sites for hydroxylation is 3. The fourth-order valence-electron chi connectivity index (χ4n) is 4.12. The van der Waals surface area contributed by atoms with Crippen LogP contribution in [0.15, 0.2) is 58.3 Å². The van der Waals surface area contributed by atoms with Gasteiger partial charge in [-0.05, 0) is 50.5 Å². The van der Waals surface area contributed by atoms with Crippen molar-refractivity contribution in [3.63, 3.8) is 0 Å². The van der Waals surface area contributed by atoms with Gasteiger partial charge < -0.3 is 15.4 Å². The van der Waals surface area contributed by atoms with Gasteiger partial charge in [-0.1, -0.05) is 59.3 Å². The third-order valence-electron chi connectivity index (χ3n) is 5.56. The standard InChI is InChI=1S/C26H26ClN3O3S/c1-14-10-15(2)24(16(3)11-14)30-21(31)13-34-25-19(12-28)23(18-8-6-7-9-20(18)27)22(17(4)29-25)26(32)33-5/h6-11,23,29H,13H2,1-5H3,(H,30,31)/t23-/m1/s1. The zero-order valence-corrected chi connectivity index (χ0v) is 21.3. The predicted octanol–water partition coefficient (Wildman–Crippen LogP) is 5.51. The molecule has 0 bridgehead atoms. The summed E-state index contributed by atoms with van der Waals surface area (Å²) in [5.41, 5.74) is 5.69. The zero-order chi connectivity index (χ0) is 25.0. The van der Waals surface area contributed by atoms with E-state index in [-0.39, 0.29) is 11.7 Å². The molecule has 2 N–H and O–H groups in total. The number of esters is 1. The van der Waals surface area contributed by atoms with Gasteiger partial charge in [-0.3, -0.25) is 4.79 Å². The van der Waals surface area contributed by atoms with Crippen LogP contribution in [-0.2, 0) is 14.3 Å². The maximum atomic E-state index is 12.8. The fraction of sp³-hybridized carbons (Fsp3) is 0.269. The van der Waals surface area contributed by atoms with Crippen LogP contribution >= 0.6 is 23.4 Å². The van der Waals surface area contributed by atoms with Crippen LogP contribution in [0.1, 0.15) is 35.1 Å². The summed E-state index contributed by atoms with van der Waals surface area (Å²) in [7, 11) is 1.30. The fourth-order valence-corrected chi connectivity index (χ4v) is 5.25. The molecule has 1 heterocycles. The van der Waals surface area contributed by atoms with Crippen molar-refractivity contribution in [1.82, 2.24) is 5.32 Å². The minimum Gasteiger partial charge on any atom is -0.466 e. The van der Waals surface area contributed by atoms with Gasteiger partial charge in [0.25, 0.3) is 0 Å². The first-order chi connectivity index (χ1) is 16.2. The molecule has 1 atom stereocenters. The Morgan fingerprint density at radius 1 is 1.18 bits per heavy atom. The first-order valence-electron chi connectivity index (χ1n) is 10.6. The van der Waals surface area contributed by atoms with Crippen molar-refractivity contribution >= 4 is 40.9 Å². The van der Waals surface area contributed by atoms with Crippen LogP contribution in [0.5, 0.6) is 0 Å². The lowest BCUT2D eigenvalue weighted by Crippen LogP contribution is -2.29. The van der Waals surface area contributed by atoms with Crippen molar-refractivity contribution in [2.75, 3.05) is 18.2 Å². The Morgan fingerprint density at radius 2 is 1.82 bits per heavy atom. The van der Waals surface area contributed by atoms with Gasteiger partial charge in [0.2, 0.25) is 5.91 Å². The van der Waals surface area contributed by atoms with Crippen molar-refractivity contribution < 1.29 is 14.3 Å². The lowest BCUT2D eigenvalue weighted by Gasteiger charge is -2.29. The van der Waals surface area contributed by atoms with E-state index in [2.05, 4.69) is 16.7 Å². The number of nitrogens with zero attached hydrogens (tertiary/aromatic N) is 1. The number of hydrogen-bond donors (Lipinski definition) is 2. The lowest BCUT2D eigenvalue weighted by atomic mass is 9.82. The number of thioether (sulfide) groups is 1. The number of hydrogen-bond acceptors (Lipinski definition) is 6. The van der Waals surface area contributed by atoms with Gasteiger partial charge >= 0.3 is 5.97 Å². The topological polar surface area (TPSA) is 91.2 Å². The summed E-state index contributed by atoms with van der Waals surface area (Å²) in [6.45, 7) is 7.67. The highest BCUT2D eigenvalue weighted by Gasteiger charge is 2.36. The van der Waals surface area contributed by atoms with Crippen LogP contribution in [-0.4, -0.2) is 24.7 Å². The van der Waals surface area contributed by atoms with Gasteiger partial charge in [-0.25, -0.2) is 4.79 Å². The molecule has 0 spiro atoms. The van der Waals surface area contributed by atoms with Gasteiger partial charge in [0.05, 0.1) is 41.0 Å². The smallest absolute Gasteiger partial charge is 0.336 e. The van der Waals surface area contributed by atoms with Crippen LogP contribution in [0.3, 0.4) is 0 Å². The third-order valence-corrected chi connectivity index (χ3v) is 6.92. The molecule has 0 radical (unpaired) electrons. The van der Waals surface area contributed by atoms with Crippen molar-refractivity contribution in [2.24, 2.45) is 0 Å². The molecule has 6 nitrogen and oxygen atoms in total. The number of halogens is 1. The Bertz CT molecular complexity index is 1240. The number of dihydropyridines is 1. The molecule has 0 aromatic heterocycles. The van der Waals surface area contributed by atoms with E-state index in [0.29, 0.717) is 32.5 Å². The summed E-state index contributed by atoms with van der Waals surface area (Å²) in [5.74, 6) is -1.37. The molecular weight excluding hydrogens is 470 g/mol. The molecule has 1 aliphatic rings. The summed E-state index contributed by atoms with van der Waals surface area (Å²) in [5, 5.41) is 17.1.